The molecule has 0 aromatic heterocycles. The van der Waals surface area contributed by atoms with Crippen molar-refractivity contribution in [3.8, 4) is 0 Å². The Kier molecular flexibility index (Phi) is 3.36. The van der Waals surface area contributed by atoms with Crippen LogP contribution in [0.1, 0.15) is 10.8 Å². The van der Waals surface area contributed by atoms with E-state index in [4.69, 9.17) is 0 Å². The van der Waals surface area contributed by atoms with Crippen LogP contribution in [0.2, 0.25) is 0 Å². The van der Waals surface area contributed by atoms with Crippen molar-refractivity contribution in [3.63, 3.8) is 0 Å². The van der Waals surface area contributed by atoms with E-state index in [0.717, 1.165) is 23.3 Å². The summed E-state index contributed by atoms with van der Waals surface area (Å²) in [4.78, 5) is 0. The Morgan fingerprint density at radius 2 is 2.07 bits per heavy atom. The van der Waals surface area contributed by atoms with Crippen LogP contribution in [-0.4, -0.2) is 23.1 Å². The predicted octanol–water partition coefficient (Wildman–Crippen LogP) is 1.84. The van der Waals surface area contributed by atoms with E-state index in [2.05, 4.69) is 21.2 Å². The third-order valence-electron chi connectivity index (χ3n) is 2.37. The minimum absolute atomic E-state index is 0.164. The molecule has 0 bridgehead atoms. The van der Waals surface area contributed by atoms with Crippen molar-refractivity contribution in [3.05, 3.63) is 34.3 Å². The van der Waals surface area contributed by atoms with Crippen LogP contribution in [0.3, 0.4) is 0 Å². The molecule has 1 aromatic carbocycles. The zero-order valence-corrected chi connectivity index (χ0v) is 10.1. The molecule has 2 nitrogen and oxygen atoms in total. The predicted molar refractivity (Wildman–Crippen MR) is 62.8 cm³/mol. The lowest BCUT2D eigenvalue weighted by Gasteiger charge is -2.22. The van der Waals surface area contributed by atoms with Gasteiger partial charge in [0, 0.05) is 34.1 Å². The first-order valence-corrected chi connectivity index (χ1v) is 6.78. The molecule has 0 saturated carbocycles. The molecule has 1 heterocycles. The molecular weight excluding hydrogens is 262 g/mol. The zero-order chi connectivity index (χ0) is 9.97. The maximum atomic E-state index is 11.7. The molecule has 0 amide bonds. The second-order valence-electron chi connectivity index (χ2n) is 3.33. The van der Waals surface area contributed by atoms with Gasteiger partial charge in [0.15, 0.2) is 0 Å². The highest BCUT2D eigenvalue weighted by molar-refractivity contribution is 9.10. The monoisotopic (exact) mass is 273 g/mol. The Balaban J connectivity index is 2.20. The van der Waals surface area contributed by atoms with Crippen LogP contribution in [0.25, 0.3) is 0 Å². The quantitative estimate of drug-likeness (QED) is 0.846. The fourth-order valence-corrected chi connectivity index (χ4v) is 3.25. The smallest absolute Gasteiger partial charge is 0.0722 e. The SMILES string of the molecule is O=S1CCNCC1c1ccc(Br)cc1. The molecular formula is C10H12BrNOS. The van der Waals surface area contributed by atoms with Crippen LogP contribution in [0, 0.1) is 0 Å². The van der Waals surface area contributed by atoms with Gasteiger partial charge in [0.1, 0.15) is 0 Å². The maximum absolute atomic E-state index is 11.7. The lowest BCUT2D eigenvalue weighted by atomic mass is 10.1. The molecule has 0 radical (unpaired) electrons. The van der Waals surface area contributed by atoms with Crippen molar-refractivity contribution in [2.45, 2.75) is 5.25 Å². The van der Waals surface area contributed by atoms with E-state index in [9.17, 15) is 4.21 Å². The van der Waals surface area contributed by atoms with E-state index >= 15 is 0 Å². The first-order chi connectivity index (χ1) is 6.77. The van der Waals surface area contributed by atoms with Crippen molar-refractivity contribution < 1.29 is 4.21 Å². The first-order valence-electron chi connectivity index (χ1n) is 4.61. The van der Waals surface area contributed by atoms with Crippen molar-refractivity contribution in [2.24, 2.45) is 0 Å². The van der Waals surface area contributed by atoms with E-state index in [-0.39, 0.29) is 5.25 Å². The van der Waals surface area contributed by atoms with Gasteiger partial charge in [-0.05, 0) is 17.7 Å². The molecule has 2 rings (SSSR count). The standard InChI is InChI=1S/C10H12BrNOS/c11-9-3-1-8(2-4-9)10-7-12-5-6-14(10)13/h1-4,10,12H,5-7H2. The summed E-state index contributed by atoms with van der Waals surface area (Å²) in [5.74, 6) is 0.765. The van der Waals surface area contributed by atoms with E-state index in [0.29, 0.717) is 0 Å². The number of hydrogen-bond donors (Lipinski definition) is 1. The molecule has 0 aliphatic carbocycles. The highest BCUT2D eigenvalue weighted by atomic mass is 79.9. The van der Waals surface area contributed by atoms with Gasteiger partial charge in [0.2, 0.25) is 0 Å². The Hall–Kier alpha value is -0.190. The van der Waals surface area contributed by atoms with Crippen molar-refractivity contribution >= 4 is 26.7 Å². The van der Waals surface area contributed by atoms with Gasteiger partial charge < -0.3 is 5.32 Å². The number of halogens is 1. The van der Waals surface area contributed by atoms with Crippen LogP contribution in [0.4, 0.5) is 0 Å². The van der Waals surface area contributed by atoms with E-state index in [1.807, 2.05) is 24.3 Å². The highest BCUT2D eigenvalue weighted by Gasteiger charge is 2.21. The summed E-state index contributed by atoms with van der Waals surface area (Å²) in [6.45, 7) is 1.70. The molecule has 14 heavy (non-hydrogen) atoms. The van der Waals surface area contributed by atoms with Crippen LogP contribution in [0.15, 0.2) is 28.7 Å². The van der Waals surface area contributed by atoms with Gasteiger partial charge in [-0.2, -0.15) is 0 Å². The fraction of sp³-hybridized carbons (Fsp3) is 0.400. The Morgan fingerprint density at radius 3 is 2.71 bits per heavy atom. The molecule has 2 unspecified atom stereocenters. The molecule has 76 valence electrons. The fourth-order valence-electron chi connectivity index (χ4n) is 1.59. The van der Waals surface area contributed by atoms with Crippen molar-refractivity contribution in [2.75, 3.05) is 18.8 Å². The summed E-state index contributed by atoms with van der Waals surface area (Å²) >= 11 is 3.39. The molecule has 1 aromatic rings. The summed E-state index contributed by atoms with van der Waals surface area (Å²) < 4.78 is 12.8. The Labute approximate surface area is 94.7 Å². The summed E-state index contributed by atoms with van der Waals surface area (Å²) in [6.07, 6.45) is 0. The van der Waals surface area contributed by atoms with Gasteiger partial charge >= 0.3 is 0 Å². The number of hydrogen-bond acceptors (Lipinski definition) is 2. The average Bonchev–Trinajstić information content (AvgIpc) is 2.20. The lowest BCUT2D eigenvalue weighted by molar-refractivity contribution is 0.624. The third kappa shape index (κ3) is 2.24. The second-order valence-corrected chi connectivity index (χ2v) is 5.98. The minimum Gasteiger partial charge on any atom is -0.314 e. The highest BCUT2D eigenvalue weighted by Crippen LogP contribution is 2.23. The molecule has 1 saturated heterocycles. The van der Waals surface area contributed by atoms with Gasteiger partial charge in [-0.15, -0.1) is 0 Å². The largest absolute Gasteiger partial charge is 0.314 e. The minimum atomic E-state index is -0.713. The lowest BCUT2D eigenvalue weighted by Crippen LogP contribution is -2.35. The zero-order valence-electron chi connectivity index (χ0n) is 7.70. The maximum Gasteiger partial charge on any atom is 0.0722 e. The van der Waals surface area contributed by atoms with Crippen LogP contribution < -0.4 is 5.32 Å². The van der Waals surface area contributed by atoms with Gasteiger partial charge in [0.25, 0.3) is 0 Å². The number of rotatable bonds is 1. The molecule has 1 N–H and O–H groups in total. The number of nitrogens with one attached hydrogen (secondary N) is 1. The summed E-state index contributed by atoms with van der Waals surface area (Å²) in [5, 5.41) is 3.44. The Bertz CT molecular complexity index is 338. The third-order valence-corrected chi connectivity index (χ3v) is 4.58. The van der Waals surface area contributed by atoms with Crippen LogP contribution >= 0.6 is 15.9 Å². The van der Waals surface area contributed by atoms with Gasteiger partial charge in [-0.1, -0.05) is 28.1 Å². The normalized spacial score (nSPS) is 27.5. The molecule has 1 aliphatic heterocycles. The van der Waals surface area contributed by atoms with Gasteiger partial charge in [0.05, 0.1) is 5.25 Å². The summed E-state index contributed by atoms with van der Waals surface area (Å²) in [5.41, 5.74) is 1.17. The molecule has 0 spiro atoms. The summed E-state index contributed by atoms with van der Waals surface area (Å²) in [6, 6.07) is 8.08. The topological polar surface area (TPSA) is 29.1 Å². The molecule has 2 atom stereocenters. The molecule has 4 heteroatoms. The van der Waals surface area contributed by atoms with Gasteiger partial charge in [-0.25, -0.2) is 0 Å². The van der Waals surface area contributed by atoms with Gasteiger partial charge in [-0.3, -0.25) is 4.21 Å². The first kappa shape index (κ1) is 10.3. The van der Waals surface area contributed by atoms with E-state index < -0.39 is 10.8 Å². The Morgan fingerprint density at radius 1 is 1.36 bits per heavy atom. The second kappa shape index (κ2) is 4.55. The number of benzene rings is 1. The molecule has 1 aliphatic rings. The van der Waals surface area contributed by atoms with Crippen molar-refractivity contribution in [1.29, 1.82) is 0 Å². The summed E-state index contributed by atoms with van der Waals surface area (Å²) in [7, 11) is -0.713. The van der Waals surface area contributed by atoms with E-state index in [1.54, 1.807) is 0 Å². The molecule has 1 fully saturated rings. The van der Waals surface area contributed by atoms with Crippen LogP contribution in [-0.2, 0) is 10.8 Å². The van der Waals surface area contributed by atoms with E-state index in [1.165, 1.54) is 5.56 Å². The van der Waals surface area contributed by atoms with Crippen molar-refractivity contribution in [1.82, 2.24) is 5.32 Å². The van der Waals surface area contributed by atoms with Crippen LogP contribution in [0.5, 0.6) is 0 Å². The average molecular weight is 274 g/mol.